The monoisotopic (exact) mass is 210 g/mol. The van der Waals surface area contributed by atoms with Crippen molar-refractivity contribution in [3.63, 3.8) is 0 Å². The minimum atomic E-state index is -0.543. The first-order chi connectivity index (χ1) is 7.15. The first-order valence-electron chi connectivity index (χ1n) is 4.84. The molecule has 0 aliphatic rings. The molecule has 4 N–H and O–H groups in total. The van der Waals surface area contributed by atoms with Crippen LogP contribution in [-0.4, -0.2) is 18.6 Å². The highest BCUT2D eigenvalue weighted by molar-refractivity contribution is 5.94. The molecule has 1 rings (SSSR count). The van der Waals surface area contributed by atoms with E-state index in [0.29, 0.717) is 18.4 Å². The first-order valence-corrected chi connectivity index (χ1v) is 4.84. The van der Waals surface area contributed by atoms with Crippen molar-refractivity contribution in [2.75, 3.05) is 6.67 Å². The van der Waals surface area contributed by atoms with E-state index in [1.165, 1.54) is 0 Å². The number of primary amides is 1. The zero-order valence-corrected chi connectivity index (χ0v) is 8.45. The van der Waals surface area contributed by atoms with Crippen molar-refractivity contribution in [1.29, 1.82) is 0 Å². The van der Waals surface area contributed by atoms with Gasteiger partial charge in [0.2, 0.25) is 5.91 Å². The van der Waals surface area contributed by atoms with Crippen LogP contribution in [0, 0.1) is 0 Å². The smallest absolute Gasteiger partial charge is 0.248 e. The number of carbonyl (C=O) groups excluding carboxylic acids is 1. The third-order valence-corrected chi connectivity index (χ3v) is 2.27. The molecular formula is C11H15FN2O. The van der Waals surface area contributed by atoms with Gasteiger partial charge in [0.15, 0.2) is 0 Å². The lowest BCUT2D eigenvalue weighted by molar-refractivity contribution is 0.0999. The standard InChI is InChI=1S/C11H15FN2O/c12-7-9(13)6-5-8-3-1-2-4-10(8)11(14)15/h1-4,9H,5-7,13H2,(H2,14,15)/t9-/m0/s1. The van der Waals surface area contributed by atoms with Crippen molar-refractivity contribution in [3.8, 4) is 0 Å². The van der Waals surface area contributed by atoms with Gasteiger partial charge in [-0.1, -0.05) is 18.2 Å². The summed E-state index contributed by atoms with van der Waals surface area (Å²) in [6.07, 6.45) is 1.09. The van der Waals surface area contributed by atoms with Gasteiger partial charge in [-0.25, -0.2) is 4.39 Å². The molecule has 0 radical (unpaired) electrons. The molecular weight excluding hydrogens is 195 g/mol. The summed E-state index contributed by atoms with van der Waals surface area (Å²) in [4.78, 5) is 11.1. The van der Waals surface area contributed by atoms with Crippen LogP contribution < -0.4 is 11.5 Å². The third kappa shape index (κ3) is 3.32. The molecule has 0 spiro atoms. The van der Waals surface area contributed by atoms with Crippen LogP contribution >= 0.6 is 0 Å². The zero-order valence-electron chi connectivity index (χ0n) is 8.45. The van der Waals surface area contributed by atoms with E-state index in [1.807, 2.05) is 12.1 Å². The second kappa shape index (κ2) is 5.46. The van der Waals surface area contributed by atoms with Crippen molar-refractivity contribution < 1.29 is 9.18 Å². The Bertz CT molecular complexity index is 341. The first kappa shape index (κ1) is 11.7. The predicted molar refractivity (Wildman–Crippen MR) is 57.2 cm³/mol. The molecule has 4 heteroatoms. The van der Waals surface area contributed by atoms with Crippen LogP contribution in [0.15, 0.2) is 24.3 Å². The highest BCUT2D eigenvalue weighted by Gasteiger charge is 2.08. The molecule has 0 saturated carbocycles. The summed E-state index contributed by atoms with van der Waals surface area (Å²) in [7, 11) is 0. The molecule has 0 aromatic heterocycles. The van der Waals surface area contributed by atoms with Crippen LogP contribution in [0.3, 0.4) is 0 Å². The Morgan fingerprint density at radius 2 is 2.07 bits per heavy atom. The fourth-order valence-corrected chi connectivity index (χ4v) is 1.40. The van der Waals surface area contributed by atoms with E-state index in [2.05, 4.69) is 0 Å². The summed E-state index contributed by atoms with van der Waals surface area (Å²) in [5.41, 5.74) is 12.0. The maximum absolute atomic E-state index is 12.1. The summed E-state index contributed by atoms with van der Waals surface area (Å²) in [6.45, 7) is -0.543. The van der Waals surface area contributed by atoms with Crippen LogP contribution in [0.2, 0.25) is 0 Å². The number of amides is 1. The zero-order chi connectivity index (χ0) is 11.3. The molecule has 0 saturated heterocycles. The average Bonchev–Trinajstić information content (AvgIpc) is 2.26. The number of rotatable bonds is 5. The maximum Gasteiger partial charge on any atom is 0.248 e. The van der Waals surface area contributed by atoms with Gasteiger partial charge in [0.25, 0.3) is 0 Å². The molecule has 0 aliphatic carbocycles. The van der Waals surface area contributed by atoms with Gasteiger partial charge in [-0.05, 0) is 24.5 Å². The Hall–Kier alpha value is -1.42. The van der Waals surface area contributed by atoms with Gasteiger partial charge in [0, 0.05) is 11.6 Å². The number of hydrogen-bond acceptors (Lipinski definition) is 2. The molecule has 0 heterocycles. The van der Waals surface area contributed by atoms with Crippen LogP contribution in [0.25, 0.3) is 0 Å². The van der Waals surface area contributed by atoms with Crippen LogP contribution in [0.5, 0.6) is 0 Å². The molecule has 0 unspecified atom stereocenters. The lowest BCUT2D eigenvalue weighted by Gasteiger charge is -2.09. The summed E-state index contributed by atoms with van der Waals surface area (Å²) in [6, 6.07) is 6.58. The Kier molecular flexibility index (Phi) is 4.24. The molecule has 0 bridgehead atoms. The van der Waals surface area contributed by atoms with E-state index < -0.39 is 18.6 Å². The van der Waals surface area contributed by atoms with E-state index in [-0.39, 0.29) is 0 Å². The van der Waals surface area contributed by atoms with Gasteiger partial charge in [0.05, 0.1) is 0 Å². The summed E-state index contributed by atoms with van der Waals surface area (Å²) in [5.74, 6) is -0.459. The Labute approximate surface area is 88.3 Å². The average molecular weight is 210 g/mol. The topological polar surface area (TPSA) is 69.1 Å². The third-order valence-electron chi connectivity index (χ3n) is 2.27. The Balaban J connectivity index is 2.72. The van der Waals surface area contributed by atoms with E-state index in [9.17, 15) is 9.18 Å². The van der Waals surface area contributed by atoms with E-state index in [0.717, 1.165) is 5.56 Å². The normalized spacial score (nSPS) is 12.4. The molecule has 1 amide bonds. The number of benzene rings is 1. The molecule has 1 aromatic rings. The van der Waals surface area contributed by atoms with Crippen LogP contribution in [0.1, 0.15) is 22.3 Å². The SMILES string of the molecule is NC(=O)c1ccccc1CC[C@H](N)CF. The lowest BCUT2D eigenvalue weighted by atomic mass is 10.0. The van der Waals surface area contributed by atoms with Crippen molar-refractivity contribution in [1.82, 2.24) is 0 Å². The van der Waals surface area contributed by atoms with Crippen LogP contribution in [0.4, 0.5) is 4.39 Å². The Morgan fingerprint density at radius 1 is 1.40 bits per heavy atom. The lowest BCUT2D eigenvalue weighted by Crippen LogP contribution is -2.23. The van der Waals surface area contributed by atoms with Gasteiger partial charge in [0.1, 0.15) is 6.67 Å². The number of hydrogen-bond donors (Lipinski definition) is 2. The molecule has 82 valence electrons. The molecule has 3 nitrogen and oxygen atoms in total. The van der Waals surface area contributed by atoms with Crippen molar-refractivity contribution >= 4 is 5.91 Å². The van der Waals surface area contributed by atoms with Gasteiger partial charge in [-0.15, -0.1) is 0 Å². The molecule has 1 atom stereocenters. The molecule has 0 aliphatic heterocycles. The fraction of sp³-hybridized carbons (Fsp3) is 0.364. The summed E-state index contributed by atoms with van der Waals surface area (Å²) >= 11 is 0. The second-order valence-electron chi connectivity index (χ2n) is 3.47. The largest absolute Gasteiger partial charge is 0.366 e. The number of alkyl halides is 1. The van der Waals surface area contributed by atoms with Crippen LogP contribution in [-0.2, 0) is 6.42 Å². The minimum absolute atomic E-state index is 0.459. The summed E-state index contributed by atoms with van der Waals surface area (Å²) in [5, 5.41) is 0. The number of aryl methyl sites for hydroxylation is 1. The van der Waals surface area contributed by atoms with Gasteiger partial charge < -0.3 is 11.5 Å². The molecule has 0 fully saturated rings. The van der Waals surface area contributed by atoms with Crippen molar-refractivity contribution in [2.45, 2.75) is 18.9 Å². The van der Waals surface area contributed by atoms with Crippen molar-refractivity contribution in [3.05, 3.63) is 35.4 Å². The quantitative estimate of drug-likeness (QED) is 0.761. The predicted octanol–water partition coefficient (Wildman–Crippen LogP) is 1.01. The van der Waals surface area contributed by atoms with Crippen molar-refractivity contribution in [2.24, 2.45) is 11.5 Å². The van der Waals surface area contributed by atoms with E-state index in [4.69, 9.17) is 11.5 Å². The maximum atomic E-state index is 12.1. The van der Waals surface area contributed by atoms with E-state index in [1.54, 1.807) is 12.1 Å². The Morgan fingerprint density at radius 3 is 2.67 bits per heavy atom. The molecule has 1 aromatic carbocycles. The number of nitrogens with two attached hydrogens (primary N) is 2. The number of carbonyl (C=O) groups is 1. The van der Waals surface area contributed by atoms with Gasteiger partial charge >= 0.3 is 0 Å². The van der Waals surface area contributed by atoms with Gasteiger partial charge in [-0.2, -0.15) is 0 Å². The minimum Gasteiger partial charge on any atom is -0.366 e. The molecule has 15 heavy (non-hydrogen) atoms. The number of halogens is 1. The highest BCUT2D eigenvalue weighted by atomic mass is 19.1. The fourth-order valence-electron chi connectivity index (χ4n) is 1.40. The van der Waals surface area contributed by atoms with Gasteiger partial charge in [-0.3, -0.25) is 4.79 Å². The summed E-state index contributed by atoms with van der Waals surface area (Å²) < 4.78 is 12.1. The second-order valence-corrected chi connectivity index (χ2v) is 3.47. The van der Waals surface area contributed by atoms with E-state index >= 15 is 0 Å². The highest BCUT2D eigenvalue weighted by Crippen LogP contribution is 2.11.